The van der Waals surface area contributed by atoms with E-state index >= 15 is 0 Å². The van der Waals surface area contributed by atoms with Crippen LogP contribution in [-0.2, 0) is 10.0 Å². The fourth-order valence-electron chi connectivity index (χ4n) is 2.84. The van der Waals surface area contributed by atoms with Gasteiger partial charge in [0, 0.05) is 30.5 Å². The molecule has 1 N–H and O–H groups in total. The Bertz CT molecular complexity index is 947. The third-order valence-corrected chi connectivity index (χ3v) is 6.79. The second kappa shape index (κ2) is 6.58. The summed E-state index contributed by atoms with van der Waals surface area (Å²) in [5, 5.41) is 2.99. The van der Waals surface area contributed by atoms with Gasteiger partial charge in [0.15, 0.2) is 0 Å². The molecule has 0 bridgehead atoms. The van der Waals surface area contributed by atoms with Crippen LogP contribution in [0.5, 0.6) is 0 Å². The zero-order valence-electron chi connectivity index (χ0n) is 13.3. The molecule has 0 unspecified atom stereocenters. The summed E-state index contributed by atoms with van der Waals surface area (Å²) in [5.41, 5.74) is 2.96. The summed E-state index contributed by atoms with van der Waals surface area (Å²) in [7, 11) is -3.58. The maximum atomic E-state index is 13.1. The van der Waals surface area contributed by atoms with Crippen molar-refractivity contribution in [2.24, 2.45) is 0 Å². The number of anilines is 2. The van der Waals surface area contributed by atoms with Crippen molar-refractivity contribution in [2.45, 2.75) is 17.7 Å². The molecular formula is C16H16N4O3S2. The minimum atomic E-state index is -3.58. The molecule has 2 aromatic heterocycles. The predicted octanol–water partition coefficient (Wildman–Crippen LogP) is 3.33. The molecule has 130 valence electrons. The lowest BCUT2D eigenvalue weighted by molar-refractivity contribution is 0.478. The monoisotopic (exact) mass is 376 g/mol. The molecule has 1 aliphatic rings. The van der Waals surface area contributed by atoms with Gasteiger partial charge in [0.25, 0.3) is 6.01 Å². The number of thiazole rings is 1. The van der Waals surface area contributed by atoms with E-state index in [-0.39, 0.29) is 4.90 Å². The highest BCUT2D eigenvalue weighted by Crippen LogP contribution is 2.35. The summed E-state index contributed by atoms with van der Waals surface area (Å²) in [6.45, 7) is 1.11. The molecule has 0 atom stereocenters. The number of sulfonamides is 1. The fourth-order valence-corrected chi connectivity index (χ4v) is 5.32. The Morgan fingerprint density at radius 1 is 1.24 bits per heavy atom. The van der Waals surface area contributed by atoms with Gasteiger partial charge in [-0.15, -0.1) is 11.3 Å². The highest BCUT2D eigenvalue weighted by Gasteiger charge is 2.30. The van der Waals surface area contributed by atoms with Crippen molar-refractivity contribution in [2.75, 3.05) is 18.4 Å². The van der Waals surface area contributed by atoms with E-state index in [1.807, 2.05) is 6.07 Å². The molecule has 0 radical (unpaired) electrons. The van der Waals surface area contributed by atoms with Crippen LogP contribution in [-0.4, -0.2) is 35.8 Å². The van der Waals surface area contributed by atoms with Crippen molar-refractivity contribution in [3.8, 4) is 10.4 Å². The molecule has 0 aliphatic carbocycles. The minimum absolute atomic E-state index is 0.273. The first-order valence-corrected chi connectivity index (χ1v) is 10.2. The highest BCUT2D eigenvalue weighted by atomic mass is 32.2. The summed E-state index contributed by atoms with van der Waals surface area (Å²) in [5.74, 6) is 0. The van der Waals surface area contributed by atoms with Crippen LogP contribution in [0.1, 0.15) is 12.8 Å². The number of hydrogen-bond donors (Lipinski definition) is 1. The van der Waals surface area contributed by atoms with Crippen LogP contribution < -0.4 is 5.32 Å². The van der Waals surface area contributed by atoms with Crippen LogP contribution in [0.3, 0.4) is 0 Å². The molecule has 0 saturated carbocycles. The van der Waals surface area contributed by atoms with Gasteiger partial charge in [-0.25, -0.2) is 13.4 Å². The van der Waals surface area contributed by atoms with Gasteiger partial charge in [0.2, 0.25) is 10.0 Å². The first-order chi connectivity index (χ1) is 12.1. The Morgan fingerprint density at radius 2 is 2.08 bits per heavy atom. The average molecular weight is 376 g/mol. The molecule has 9 heteroatoms. The van der Waals surface area contributed by atoms with E-state index in [1.165, 1.54) is 23.8 Å². The van der Waals surface area contributed by atoms with Crippen molar-refractivity contribution < 1.29 is 12.8 Å². The molecule has 3 aromatic rings. The van der Waals surface area contributed by atoms with Crippen LogP contribution >= 0.6 is 11.3 Å². The van der Waals surface area contributed by atoms with E-state index in [0.29, 0.717) is 30.4 Å². The van der Waals surface area contributed by atoms with Gasteiger partial charge in [-0.1, -0.05) is 6.07 Å². The molecule has 3 heterocycles. The largest absolute Gasteiger partial charge is 0.432 e. The van der Waals surface area contributed by atoms with Crippen molar-refractivity contribution in [3.63, 3.8) is 0 Å². The SMILES string of the molecule is O=S(=O)(c1cc(Nc2ncco2)ccc1-c1cncs1)N1CCCC1. The van der Waals surface area contributed by atoms with Crippen LogP contribution in [0.2, 0.25) is 0 Å². The maximum Gasteiger partial charge on any atom is 0.299 e. The Balaban J connectivity index is 1.80. The first kappa shape index (κ1) is 16.2. The van der Waals surface area contributed by atoms with Gasteiger partial charge in [-0.05, 0) is 25.0 Å². The zero-order valence-corrected chi connectivity index (χ0v) is 14.9. The zero-order chi connectivity index (χ0) is 17.3. The lowest BCUT2D eigenvalue weighted by atomic mass is 10.2. The second-order valence-electron chi connectivity index (χ2n) is 5.65. The molecule has 25 heavy (non-hydrogen) atoms. The van der Waals surface area contributed by atoms with E-state index in [9.17, 15) is 8.42 Å². The van der Waals surface area contributed by atoms with E-state index in [0.717, 1.165) is 17.7 Å². The molecule has 1 aliphatic heterocycles. The van der Waals surface area contributed by atoms with Crippen LogP contribution in [0, 0.1) is 0 Å². The molecule has 1 fully saturated rings. The Labute approximate surface area is 149 Å². The summed E-state index contributed by atoms with van der Waals surface area (Å²) < 4.78 is 33.0. The van der Waals surface area contributed by atoms with Crippen molar-refractivity contribution >= 4 is 33.1 Å². The number of aromatic nitrogens is 2. The number of hydrogen-bond acceptors (Lipinski definition) is 7. The minimum Gasteiger partial charge on any atom is -0.432 e. The molecule has 1 saturated heterocycles. The van der Waals surface area contributed by atoms with E-state index in [1.54, 1.807) is 28.1 Å². The first-order valence-electron chi connectivity index (χ1n) is 7.84. The van der Waals surface area contributed by atoms with Gasteiger partial charge in [0.1, 0.15) is 6.26 Å². The number of rotatable bonds is 5. The molecule has 0 spiro atoms. The quantitative estimate of drug-likeness (QED) is 0.735. The summed E-state index contributed by atoms with van der Waals surface area (Å²) >= 11 is 1.41. The third-order valence-electron chi connectivity index (χ3n) is 4.05. The van der Waals surface area contributed by atoms with Crippen LogP contribution in [0.4, 0.5) is 11.7 Å². The second-order valence-corrected chi connectivity index (χ2v) is 8.44. The van der Waals surface area contributed by atoms with E-state index in [2.05, 4.69) is 15.3 Å². The fraction of sp³-hybridized carbons (Fsp3) is 0.250. The average Bonchev–Trinajstić information content (AvgIpc) is 3.37. The van der Waals surface area contributed by atoms with E-state index < -0.39 is 10.0 Å². The molecule has 4 rings (SSSR count). The molecular weight excluding hydrogens is 360 g/mol. The van der Waals surface area contributed by atoms with E-state index in [4.69, 9.17) is 4.42 Å². The van der Waals surface area contributed by atoms with Crippen molar-refractivity contribution in [1.29, 1.82) is 0 Å². The van der Waals surface area contributed by atoms with Gasteiger partial charge < -0.3 is 9.73 Å². The number of oxazole rings is 1. The van der Waals surface area contributed by atoms with Crippen molar-refractivity contribution in [1.82, 2.24) is 14.3 Å². The molecule has 0 amide bonds. The number of benzene rings is 1. The Hall–Kier alpha value is -2.23. The Morgan fingerprint density at radius 3 is 2.76 bits per heavy atom. The van der Waals surface area contributed by atoms with Gasteiger partial charge in [-0.3, -0.25) is 4.98 Å². The highest BCUT2D eigenvalue weighted by molar-refractivity contribution is 7.89. The normalized spacial score (nSPS) is 15.5. The topological polar surface area (TPSA) is 88.3 Å². The lowest BCUT2D eigenvalue weighted by Gasteiger charge is -2.18. The maximum absolute atomic E-state index is 13.1. The summed E-state index contributed by atoms with van der Waals surface area (Å²) in [6, 6.07) is 5.55. The smallest absolute Gasteiger partial charge is 0.299 e. The summed E-state index contributed by atoms with van der Waals surface area (Å²) in [6.07, 6.45) is 6.45. The van der Waals surface area contributed by atoms with Crippen LogP contribution in [0.15, 0.2) is 51.7 Å². The standard InChI is InChI=1S/C16H16N4O3S2/c21-25(22,20-6-1-2-7-20)15-9-12(19-16-18-5-8-23-16)3-4-13(15)14-10-17-11-24-14/h3-5,8-11H,1-2,6-7H2,(H,18,19). The van der Waals surface area contributed by atoms with Crippen LogP contribution in [0.25, 0.3) is 10.4 Å². The lowest BCUT2D eigenvalue weighted by Crippen LogP contribution is -2.28. The van der Waals surface area contributed by atoms with Crippen molar-refractivity contribution in [3.05, 3.63) is 42.4 Å². The van der Waals surface area contributed by atoms with Gasteiger partial charge >= 0.3 is 0 Å². The molecule has 7 nitrogen and oxygen atoms in total. The molecule has 1 aromatic carbocycles. The Kier molecular flexibility index (Phi) is 4.28. The number of nitrogens with one attached hydrogen (secondary N) is 1. The van der Waals surface area contributed by atoms with Gasteiger partial charge in [0.05, 0.1) is 21.5 Å². The van der Waals surface area contributed by atoms with Gasteiger partial charge in [-0.2, -0.15) is 4.31 Å². The predicted molar refractivity (Wildman–Crippen MR) is 95.3 cm³/mol. The number of nitrogens with zero attached hydrogens (tertiary/aromatic N) is 3. The summed E-state index contributed by atoms with van der Waals surface area (Å²) in [4.78, 5) is 9.17. The third kappa shape index (κ3) is 3.17.